The Morgan fingerprint density at radius 2 is 2.21 bits per heavy atom. The number of β-amino-alcohol motifs (C(OH)–C–C–N with tert-alkyl or cyclic N) is 1. The molecule has 1 fully saturated rings. The molecule has 7 heteroatoms. The first-order chi connectivity index (χ1) is 9.19. The summed E-state index contributed by atoms with van der Waals surface area (Å²) in [5.74, 6) is -0.846. The number of carboxylic acids is 1. The summed E-state index contributed by atoms with van der Waals surface area (Å²) in [5, 5.41) is 20.4. The van der Waals surface area contributed by atoms with Gasteiger partial charge in [-0.05, 0) is 13.0 Å². The number of thiazole rings is 1. The van der Waals surface area contributed by atoms with Crippen molar-refractivity contribution in [3.8, 4) is 0 Å². The molecule has 1 aliphatic heterocycles. The number of aliphatic hydroxyl groups is 1. The van der Waals surface area contributed by atoms with Gasteiger partial charge in [-0.25, -0.2) is 4.98 Å². The minimum atomic E-state index is -0.846. The monoisotopic (exact) mass is 285 g/mol. The summed E-state index contributed by atoms with van der Waals surface area (Å²) < 4.78 is 0. The molecule has 2 rings (SSSR count). The van der Waals surface area contributed by atoms with E-state index in [0.29, 0.717) is 5.69 Å². The minimum Gasteiger partial charge on any atom is -0.481 e. The highest BCUT2D eigenvalue weighted by molar-refractivity contribution is 7.13. The molecule has 19 heavy (non-hydrogen) atoms. The van der Waals surface area contributed by atoms with Gasteiger partial charge in [0.25, 0.3) is 0 Å². The summed E-state index contributed by atoms with van der Waals surface area (Å²) in [7, 11) is 0. The fraction of sp³-hybridized carbons (Fsp3) is 0.667. The van der Waals surface area contributed by atoms with Gasteiger partial charge in [0.15, 0.2) is 5.13 Å². The number of rotatable bonds is 5. The summed E-state index contributed by atoms with van der Waals surface area (Å²) in [4.78, 5) is 19.5. The van der Waals surface area contributed by atoms with Crippen LogP contribution in [-0.4, -0.2) is 65.4 Å². The largest absolute Gasteiger partial charge is 0.481 e. The van der Waals surface area contributed by atoms with Crippen molar-refractivity contribution in [1.29, 1.82) is 0 Å². The Hall–Kier alpha value is -1.18. The van der Waals surface area contributed by atoms with Gasteiger partial charge in [0.05, 0.1) is 18.7 Å². The molecular formula is C12H19N3O3S. The standard InChI is InChI=1S/C12H19N3O3S/c16-7-6-14-2-1-3-15(5-4-14)12-13-10(9-19-12)8-11(17)18/h9,16H,1-8H2,(H,17,18). The molecule has 0 aromatic carbocycles. The van der Waals surface area contributed by atoms with Crippen LogP contribution in [0.3, 0.4) is 0 Å². The van der Waals surface area contributed by atoms with Crippen LogP contribution in [0.4, 0.5) is 5.13 Å². The Morgan fingerprint density at radius 3 is 2.95 bits per heavy atom. The highest BCUT2D eigenvalue weighted by Gasteiger charge is 2.17. The zero-order valence-corrected chi connectivity index (χ0v) is 11.6. The lowest BCUT2D eigenvalue weighted by Gasteiger charge is -2.20. The fourth-order valence-corrected chi connectivity index (χ4v) is 3.08. The molecule has 1 aromatic rings. The maximum Gasteiger partial charge on any atom is 0.309 e. The Morgan fingerprint density at radius 1 is 1.37 bits per heavy atom. The molecule has 1 saturated heterocycles. The summed E-state index contributed by atoms with van der Waals surface area (Å²) in [6, 6.07) is 0. The number of aromatic nitrogens is 1. The molecule has 0 spiro atoms. The van der Waals surface area contributed by atoms with Crippen LogP contribution in [0.2, 0.25) is 0 Å². The van der Waals surface area contributed by atoms with E-state index < -0.39 is 5.97 Å². The third-order valence-electron chi connectivity index (χ3n) is 3.15. The van der Waals surface area contributed by atoms with Gasteiger partial charge >= 0.3 is 5.97 Å². The second kappa shape index (κ2) is 6.83. The van der Waals surface area contributed by atoms with E-state index in [1.165, 1.54) is 11.3 Å². The van der Waals surface area contributed by atoms with Gasteiger partial charge in [-0.3, -0.25) is 9.69 Å². The smallest absolute Gasteiger partial charge is 0.309 e. The Bertz CT molecular complexity index is 424. The van der Waals surface area contributed by atoms with Crippen molar-refractivity contribution in [3.05, 3.63) is 11.1 Å². The predicted octanol–water partition coefficient (Wildman–Crippen LogP) is 0.275. The van der Waals surface area contributed by atoms with Crippen molar-refractivity contribution in [2.24, 2.45) is 0 Å². The van der Waals surface area contributed by atoms with Gasteiger partial charge in [-0.15, -0.1) is 11.3 Å². The van der Waals surface area contributed by atoms with Crippen molar-refractivity contribution in [1.82, 2.24) is 9.88 Å². The lowest BCUT2D eigenvalue weighted by atomic mass is 10.3. The summed E-state index contributed by atoms with van der Waals surface area (Å²) in [6.45, 7) is 4.62. The van der Waals surface area contributed by atoms with Crippen molar-refractivity contribution >= 4 is 22.4 Å². The number of nitrogens with zero attached hydrogens (tertiary/aromatic N) is 3. The Labute approximate surface area is 116 Å². The molecule has 2 heterocycles. The normalized spacial score (nSPS) is 17.4. The number of hydrogen-bond acceptors (Lipinski definition) is 6. The lowest BCUT2D eigenvalue weighted by molar-refractivity contribution is -0.136. The van der Waals surface area contributed by atoms with E-state index in [2.05, 4.69) is 14.8 Å². The van der Waals surface area contributed by atoms with E-state index in [1.54, 1.807) is 0 Å². The predicted molar refractivity (Wildman–Crippen MR) is 73.8 cm³/mol. The molecule has 106 valence electrons. The van der Waals surface area contributed by atoms with Gasteiger partial charge in [-0.2, -0.15) is 0 Å². The van der Waals surface area contributed by atoms with Crippen LogP contribution in [0.5, 0.6) is 0 Å². The average molecular weight is 285 g/mol. The molecule has 0 saturated carbocycles. The zero-order valence-electron chi connectivity index (χ0n) is 10.8. The summed E-state index contributed by atoms with van der Waals surface area (Å²) in [6.07, 6.45) is 1.02. The van der Waals surface area contributed by atoms with Gasteiger partial charge in [0, 0.05) is 31.6 Å². The van der Waals surface area contributed by atoms with Crippen LogP contribution in [0.1, 0.15) is 12.1 Å². The van der Waals surface area contributed by atoms with Gasteiger partial charge in [-0.1, -0.05) is 0 Å². The van der Waals surface area contributed by atoms with Crippen molar-refractivity contribution < 1.29 is 15.0 Å². The van der Waals surface area contributed by atoms with Crippen LogP contribution >= 0.6 is 11.3 Å². The van der Waals surface area contributed by atoms with E-state index in [0.717, 1.165) is 44.3 Å². The fourth-order valence-electron chi connectivity index (χ4n) is 2.20. The van der Waals surface area contributed by atoms with Gasteiger partial charge < -0.3 is 15.1 Å². The molecule has 0 aliphatic carbocycles. The van der Waals surface area contributed by atoms with Crippen molar-refractivity contribution in [2.75, 3.05) is 44.2 Å². The topological polar surface area (TPSA) is 76.9 Å². The molecule has 0 unspecified atom stereocenters. The quantitative estimate of drug-likeness (QED) is 0.809. The van der Waals surface area contributed by atoms with Gasteiger partial charge in [0.1, 0.15) is 0 Å². The molecule has 0 amide bonds. The molecular weight excluding hydrogens is 266 g/mol. The minimum absolute atomic E-state index is 0.0129. The number of aliphatic hydroxyl groups excluding tert-OH is 1. The maximum atomic E-state index is 10.6. The Balaban J connectivity index is 1.94. The second-order valence-corrected chi connectivity index (χ2v) is 5.43. The molecule has 1 aliphatic rings. The first kappa shape index (κ1) is 14.2. The van der Waals surface area contributed by atoms with E-state index in [1.807, 2.05) is 5.38 Å². The molecule has 0 bridgehead atoms. The SMILES string of the molecule is O=C(O)Cc1csc(N2CCCN(CCO)CC2)n1. The Kier molecular flexibility index (Phi) is 5.12. The van der Waals surface area contributed by atoms with Gasteiger partial charge in [0.2, 0.25) is 0 Å². The molecule has 2 N–H and O–H groups in total. The maximum absolute atomic E-state index is 10.6. The average Bonchev–Trinajstić information content (AvgIpc) is 2.68. The number of hydrogen-bond donors (Lipinski definition) is 2. The molecule has 6 nitrogen and oxygen atoms in total. The molecule has 0 atom stereocenters. The highest BCUT2D eigenvalue weighted by Crippen LogP contribution is 2.22. The van der Waals surface area contributed by atoms with E-state index >= 15 is 0 Å². The van der Waals surface area contributed by atoms with E-state index in [4.69, 9.17) is 10.2 Å². The highest BCUT2D eigenvalue weighted by atomic mass is 32.1. The second-order valence-electron chi connectivity index (χ2n) is 4.60. The van der Waals surface area contributed by atoms with Crippen LogP contribution < -0.4 is 4.90 Å². The summed E-state index contributed by atoms with van der Waals surface area (Å²) >= 11 is 1.51. The third-order valence-corrected chi connectivity index (χ3v) is 4.10. The van der Waals surface area contributed by atoms with E-state index in [9.17, 15) is 4.79 Å². The van der Waals surface area contributed by atoms with E-state index in [-0.39, 0.29) is 13.0 Å². The van der Waals surface area contributed by atoms with Crippen molar-refractivity contribution in [2.45, 2.75) is 12.8 Å². The van der Waals surface area contributed by atoms with Crippen LogP contribution in [0.15, 0.2) is 5.38 Å². The summed E-state index contributed by atoms with van der Waals surface area (Å²) in [5.41, 5.74) is 0.629. The van der Waals surface area contributed by atoms with Crippen LogP contribution in [-0.2, 0) is 11.2 Å². The molecule has 0 radical (unpaired) electrons. The van der Waals surface area contributed by atoms with Crippen molar-refractivity contribution in [3.63, 3.8) is 0 Å². The molecule has 1 aromatic heterocycles. The number of aliphatic carboxylic acids is 1. The van der Waals surface area contributed by atoms with Crippen LogP contribution in [0.25, 0.3) is 0 Å². The first-order valence-corrected chi connectivity index (χ1v) is 7.31. The lowest BCUT2D eigenvalue weighted by Crippen LogP contribution is -2.32. The zero-order chi connectivity index (χ0) is 13.7. The number of carbonyl (C=O) groups is 1. The first-order valence-electron chi connectivity index (χ1n) is 6.43. The number of carboxylic acid groups (broad SMARTS) is 1. The third kappa shape index (κ3) is 4.15. The van der Waals surface area contributed by atoms with Crippen LogP contribution in [0, 0.1) is 0 Å². The number of anilines is 1.